The minimum Gasteiger partial charge on any atom is -0.328 e. The molecule has 0 amide bonds. The van der Waals surface area contributed by atoms with Gasteiger partial charge in [0.2, 0.25) is 0 Å². The van der Waals surface area contributed by atoms with Crippen LogP contribution in [0.5, 0.6) is 0 Å². The molecule has 0 heterocycles. The highest BCUT2D eigenvalue weighted by Crippen LogP contribution is 2.53. The van der Waals surface area contributed by atoms with Gasteiger partial charge in [0.1, 0.15) is 0 Å². The summed E-state index contributed by atoms with van der Waals surface area (Å²) in [7, 11) is 0. The van der Waals surface area contributed by atoms with E-state index in [9.17, 15) is 0 Å². The lowest BCUT2D eigenvalue weighted by Crippen LogP contribution is -2.39. The van der Waals surface area contributed by atoms with Gasteiger partial charge < -0.3 is 5.73 Å². The topological polar surface area (TPSA) is 26.0 Å². The Labute approximate surface area is 87.4 Å². The van der Waals surface area contributed by atoms with E-state index in [4.69, 9.17) is 12.2 Å². The molecule has 1 nitrogen and oxygen atoms in total. The first kappa shape index (κ1) is 10.1. The Bertz CT molecular complexity index is 232. The zero-order valence-corrected chi connectivity index (χ0v) is 8.97. The summed E-state index contributed by atoms with van der Waals surface area (Å²) in [6, 6.07) is 0.416. The Balaban J connectivity index is 2.09. The predicted octanol–water partition coefficient (Wildman–Crippen LogP) is 2.70. The molecule has 0 radical (unpaired) electrons. The largest absolute Gasteiger partial charge is 0.328 e. The van der Waals surface area contributed by atoms with Crippen LogP contribution < -0.4 is 5.73 Å². The Morgan fingerprint density at radius 2 is 2.00 bits per heavy atom. The van der Waals surface area contributed by atoms with Crippen molar-refractivity contribution in [2.24, 2.45) is 17.1 Å². The predicted molar refractivity (Wildman–Crippen MR) is 59.7 cm³/mol. The highest BCUT2D eigenvalue weighted by Gasteiger charge is 2.43. The van der Waals surface area contributed by atoms with Crippen LogP contribution >= 0.6 is 0 Å². The summed E-state index contributed by atoms with van der Waals surface area (Å²) in [5.41, 5.74) is 6.64. The van der Waals surface area contributed by atoms with Crippen molar-refractivity contribution in [3.05, 3.63) is 0 Å². The minimum atomic E-state index is 0.416. The molecule has 0 aromatic carbocycles. The summed E-state index contributed by atoms with van der Waals surface area (Å²) >= 11 is 0. The quantitative estimate of drug-likeness (QED) is 0.634. The van der Waals surface area contributed by atoms with E-state index < -0.39 is 0 Å². The molecule has 2 aliphatic carbocycles. The van der Waals surface area contributed by atoms with E-state index in [2.05, 4.69) is 5.92 Å². The molecule has 2 aliphatic rings. The van der Waals surface area contributed by atoms with Crippen LogP contribution in [0.3, 0.4) is 0 Å². The third-order valence-corrected chi connectivity index (χ3v) is 4.43. The van der Waals surface area contributed by atoms with Crippen molar-refractivity contribution in [3.63, 3.8) is 0 Å². The van der Waals surface area contributed by atoms with Crippen LogP contribution in [0, 0.1) is 23.7 Å². The summed E-state index contributed by atoms with van der Waals surface area (Å²) < 4.78 is 0. The molecule has 0 aromatic rings. The zero-order chi connectivity index (χ0) is 10.0. The van der Waals surface area contributed by atoms with Crippen LogP contribution in [0.2, 0.25) is 0 Å². The summed E-state index contributed by atoms with van der Waals surface area (Å²) in [6.45, 7) is 0. The molecule has 0 saturated heterocycles. The molecule has 2 atom stereocenters. The fourth-order valence-corrected chi connectivity index (χ4v) is 3.59. The van der Waals surface area contributed by atoms with E-state index in [-0.39, 0.29) is 0 Å². The Kier molecular flexibility index (Phi) is 2.83. The van der Waals surface area contributed by atoms with Crippen molar-refractivity contribution < 1.29 is 0 Å². The average molecular weight is 191 g/mol. The van der Waals surface area contributed by atoms with E-state index in [1.54, 1.807) is 0 Å². The molecule has 2 rings (SSSR count). The summed E-state index contributed by atoms with van der Waals surface area (Å²) in [4.78, 5) is 0. The molecular weight excluding hydrogens is 170 g/mol. The first-order valence-electron chi connectivity index (χ1n) is 5.96. The van der Waals surface area contributed by atoms with E-state index in [1.807, 2.05) is 0 Å². The van der Waals surface area contributed by atoms with Gasteiger partial charge in [0, 0.05) is 12.5 Å². The maximum absolute atomic E-state index is 6.04. The van der Waals surface area contributed by atoms with Crippen LogP contribution in [0.4, 0.5) is 0 Å². The summed E-state index contributed by atoms with van der Waals surface area (Å²) in [6.07, 6.45) is 15.8. The fraction of sp³-hybridized carbons (Fsp3) is 0.846. The molecule has 14 heavy (non-hydrogen) atoms. The number of terminal acetylenes is 1. The van der Waals surface area contributed by atoms with Crippen molar-refractivity contribution in [3.8, 4) is 12.3 Å². The normalized spacial score (nSPS) is 35.7. The van der Waals surface area contributed by atoms with Gasteiger partial charge in [-0.1, -0.05) is 12.8 Å². The van der Waals surface area contributed by atoms with Crippen LogP contribution in [-0.4, -0.2) is 6.04 Å². The smallest absolute Gasteiger partial charge is 0.0120 e. The van der Waals surface area contributed by atoms with E-state index in [0.29, 0.717) is 11.5 Å². The van der Waals surface area contributed by atoms with Crippen molar-refractivity contribution in [2.45, 2.75) is 57.4 Å². The second-order valence-electron chi connectivity index (χ2n) is 5.21. The van der Waals surface area contributed by atoms with Crippen LogP contribution in [0.15, 0.2) is 0 Å². The number of rotatable bonds is 1. The van der Waals surface area contributed by atoms with E-state index in [0.717, 1.165) is 12.3 Å². The first-order chi connectivity index (χ1) is 6.77. The first-order valence-corrected chi connectivity index (χ1v) is 5.96. The molecule has 2 N–H and O–H groups in total. The average Bonchev–Trinajstić information content (AvgIpc) is 2.62. The molecule has 1 spiro atoms. The van der Waals surface area contributed by atoms with Crippen LogP contribution in [0.25, 0.3) is 0 Å². The third-order valence-electron chi connectivity index (χ3n) is 4.43. The van der Waals surface area contributed by atoms with E-state index >= 15 is 0 Å². The molecule has 0 bridgehead atoms. The summed E-state index contributed by atoms with van der Waals surface area (Å²) in [5.74, 6) is 3.57. The maximum atomic E-state index is 6.04. The van der Waals surface area contributed by atoms with Gasteiger partial charge in [0.25, 0.3) is 0 Å². The van der Waals surface area contributed by atoms with Gasteiger partial charge in [0.15, 0.2) is 0 Å². The lowest BCUT2D eigenvalue weighted by molar-refractivity contribution is 0.0931. The van der Waals surface area contributed by atoms with Gasteiger partial charge in [-0.15, -0.1) is 12.3 Å². The van der Waals surface area contributed by atoms with Crippen molar-refractivity contribution in [2.75, 3.05) is 0 Å². The fourth-order valence-electron chi connectivity index (χ4n) is 3.59. The van der Waals surface area contributed by atoms with Gasteiger partial charge >= 0.3 is 0 Å². The molecule has 2 fully saturated rings. The van der Waals surface area contributed by atoms with Crippen LogP contribution in [0.1, 0.15) is 51.4 Å². The number of hydrogen-bond acceptors (Lipinski definition) is 1. The molecular formula is C13H21N. The SMILES string of the molecule is C#CCC1CC(N)CCC12CCCC2. The lowest BCUT2D eigenvalue weighted by atomic mass is 9.63. The van der Waals surface area contributed by atoms with Gasteiger partial charge in [-0.25, -0.2) is 0 Å². The molecule has 0 aromatic heterocycles. The summed E-state index contributed by atoms with van der Waals surface area (Å²) in [5, 5.41) is 0. The molecule has 78 valence electrons. The second kappa shape index (κ2) is 3.95. The standard InChI is InChI=1S/C13H21N/c1-2-5-11-10-12(14)6-9-13(11)7-3-4-8-13/h1,11-12H,3-10,14H2. The molecule has 2 saturated carbocycles. The lowest BCUT2D eigenvalue weighted by Gasteiger charge is -2.43. The third kappa shape index (κ3) is 1.68. The Morgan fingerprint density at radius 1 is 1.29 bits per heavy atom. The Morgan fingerprint density at radius 3 is 2.64 bits per heavy atom. The zero-order valence-electron chi connectivity index (χ0n) is 8.97. The molecule has 1 heteroatoms. The van der Waals surface area contributed by atoms with Gasteiger partial charge in [-0.05, 0) is 43.4 Å². The minimum absolute atomic E-state index is 0.416. The van der Waals surface area contributed by atoms with Gasteiger partial charge in [0.05, 0.1) is 0 Å². The van der Waals surface area contributed by atoms with Crippen molar-refractivity contribution in [1.82, 2.24) is 0 Å². The molecule has 0 aliphatic heterocycles. The van der Waals surface area contributed by atoms with Crippen molar-refractivity contribution in [1.29, 1.82) is 0 Å². The monoisotopic (exact) mass is 191 g/mol. The second-order valence-corrected chi connectivity index (χ2v) is 5.21. The van der Waals surface area contributed by atoms with Crippen molar-refractivity contribution >= 4 is 0 Å². The number of nitrogens with two attached hydrogens (primary N) is 1. The van der Waals surface area contributed by atoms with E-state index in [1.165, 1.54) is 44.9 Å². The number of hydrogen-bond donors (Lipinski definition) is 1. The molecule has 2 unspecified atom stereocenters. The maximum Gasteiger partial charge on any atom is 0.0120 e. The van der Waals surface area contributed by atoms with Gasteiger partial charge in [-0.3, -0.25) is 0 Å². The van der Waals surface area contributed by atoms with Gasteiger partial charge in [-0.2, -0.15) is 0 Å². The Hall–Kier alpha value is -0.480. The highest BCUT2D eigenvalue weighted by molar-refractivity contribution is 5.01. The van der Waals surface area contributed by atoms with Crippen LogP contribution in [-0.2, 0) is 0 Å². The highest BCUT2D eigenvalue weighted by atomic mass is 14.7.